The summed E-state index contributed by atoms with van der Waals surface area (Å²) < 4.78 is 10.6. The number of methoxy groups -OCH3 is 1. The number of benzene rings is 1. The van der Waals surface area contributed by atoms with Crippen molar-refractivity contribution in [2.75, 3.05) is 20.2 Å². The lowest BCUT2D eigenvalue weighted by atomic mass is 9.77. The van der Waals surface area contributed by atoms with Crippen LogP contribution in [-0.2, 0) is 18.4 Å². The molecule has 1 aliphatic heterocycles. The van der Waals surface area contributed by atoms with Crippen molar-refractivity contribution in [1.82, 2.24) is 28.6 Å². The fourth-order valence-corrected chi connectivity index (χ4v) is 6.44. The van der Waals surface area contributed by atoms with Gasteiger partial charge in [0.05, 0.1) is 24.6 Å². The lowest BCUT2D eigenvalue weighted by Crippen LogP contribution is -2.51. The second-order valence-corrected chi connectivity index (χ2v) is 11.2. The summed E-state index contributed by atoms with van der Waals surface area (Å²) in [7, 11) is 3.61. The molecule has 0 bridgehead atoms. The third kappa shape index (κ3) is 4.81. The van der Waals surface area contributed by atoms with E-state index in [-0.39, 0.29) is 29.8 Å². The molecule has 0 radical (unpaired) electrons. The third-order valence-electron chi connectivity index (χ3n) is 8.76. The first-order chi connectivity index (χ1) is 19.4. The quantitative estimate of drug-likeness (QED) is 0.399. The zero-order valence-electron chi connectivity index (χ0n) is 23.1. The molecular formula is C30H36N6O4. The molecule has 210 valence electrons. The number of imidazole rings is 1. The standard InChI is InChI=1S/C30H36N6O4/c1-33-18-14-31-26(33)23-5-3-4-6-24(23)28(37)34-16-12-30(39,13-17-34)19-35-20-32-27-25(29(35)38)11-15-36(27)21-7-9-22(40-2)10-8-21/h7-11,14-15,18,20,23-24,39H,3-6,12-13,16-17,19H2,1-2H3/t23-,24-/m1/s1. The number of hydrogen-bond donors (Lipinski definition) is 1. The van der Waals surface area contributed by atoms with Gasteiger partial charge in [0, 0.05) is 56.3 Å². The number of hydrogen-bond acceptors (Lipinski definition) is 6. The van der Waals surface area contributed by atoms with E-state index in [1.807, 2.05) is 57.7 Å². The lowest BCUT2D eigenvalue weighted by Gasteiger charge is -2.41. The molecule has 2 aliphatic rings. The number of fused-ring (bicyclic) bond motifs is 1. The van der Waals surface area contributed by atoms with Gasteiger partial charge in [0.2, 0.25) is 5.91 Å². The van der Waals surface area contributed by atoms with E-state index < -0.39 is 5.60 Å². The first-order valence-corrected chi connectivity index (χ1v) is 14.1. The Bertz CT molecular complexity index is 1560. The van der Waals surface area contributed by atoms with Crippen molar-refractivity contribution in [2.24, 2.45) is 13.0 Å². The molecule has 4 aromatic rings. The number of nitrogens with zero attached hydrogens (tertiary/aromatic N) is 6. The molecule has 10 heteroatoms. The summed E-state index contributed by atoms with van der Waals surface area (Å²) in [6, 6.07) is 9.31. The van der Waals surface area contributed by atoms with Crippen molar-refractivity contribution in [1.29, 1.82) is 0 Å². The molecular weight excluding hydrogens is 508 g/mol. The Morgan fingerprint density at radius 1 is 1.07 bits per heavy atom. The maximum Gasteiger partial charge on any atom is 0.262 e. The van der Waals surface area contributed by atoms with E-state index in [0.29, 0.717) is 37.0 Å². The van der Waals surface area contributed by atoms with Crippen LogP contribution in [0.2, 0.25) is 0 Å². The van der Waals surface area contributed by atoms with Gasteiger partial charge in [-0.25, -0.2) is 9.97 Å². The smallest absolute Gasteiger partial charge is 0.262 e. The Kier molecular flexibility index (Phi) is 6.95. The van der Waals surface area contributed by atoms with Crippen LogP contribution in [0.1, 0.15) is 50.3 Å². The molecule has 2 atom stereocenters. The Morgan fingerprint density at radius 2 is 1.82 bits per heavy atom. The summed E-state index contributed by atoms with van der Waals surface area (Å²) in [6.45, 7) is 1.08. The summed E-state index contributed by atoms with van der Waals surface area (Å²) in [4.78, 5) is 38.0. The number of likely N-dealkylation sites (tertiary alicyclic amines) is 1. The number of aromatic nitrogens is 5. The molecule has 3 aromatic heterocycles. The Labute approximate surface area is 232 Å². The number of aliphatic hydroxyl groups is 1. The number of carbonyl (C=O) groups excluding carboxylic acids is 1. The number of rotatable bonds is 6. The normalized spacial score (nSPS) is 21.0. The van der Waals surface area contributed by atoms with Gasteiger partial charge in [-0.15, -0.1) is 0 Å². The minimum Gasteiger partial charge on any atom is -0.497 e. The monoisotopic (exact) mass is 544 g/mol. The van der Waals surface area contributed by atoms with E-state index in [9.17, 15) is 14.7 Å². The molecule has 1 saturated carbocycles. The van der Waals surface area contributed by atoms with Gasteiger partial charge in [0.15, 0.2) is 5.65 Å². The first-order valence-electron chi connectivity index (χ1n) is 14.1. The fraction of sp³-hybridized carbons (Fsp3) is 0.467. The van der Waals surface area contributed by atoms with Gasteiger partial charge in [-0.1, -0.05) is 12.8 Å². The van der Waals surface area contributed by atoms with Crippen molar-refractivity contribution in [3.8, 4) is 11.4 Å². The molecule has 1 aliphatic carbocycles. The second-order valence-electron chi connectivity index (χ2n) is 11.2. The van der Waals surface area contributed by atoms with Gasteiger partial charge in [-0.2, -0.15) is 0 Å². The maximum atomic E-state index is 13.6. The van der Waals surface area contributed by atoms with Gasteiger partial charge >= 0.3 is 0 Å². The average Bonchev–Trinajstić information content (AvgIpc) is 3.61. The predicted molar refractivity (Wildman–Crippen MR) is 151 cm³/mol. The molecule has 0 spiro atoms. The summed E-state index contributed by atoms with van der Waals surface area (Å²) in [5.41, 5.74) is 0.164. The van der Waals surface area contributed by atoms with Crippen LogP contribution in [0.25, 0.3) is 16.7 Å². The first kappa shape index (κ1) is 26.3. The molecule has 4 heterocycles. The predicted octanol–water partition coefficient (Wildman–Crippen LogP) is 3.26. The van der Waals surface area contributed by atoms with Gasteiger partial charge in [-0.3, -0.25) is 14.2 Å². The van der Waals surface area contributed by atoms with Crippen molar-refractivity contribution in [3.63, 3.8) is 0 Å². The lowest BCUT2D eigenvalue weighted by molar-refractivity contribution is -0.142. The maximum absolute atomic E-state index is 13.6. The van der Waals surface area contributed by atoms with Crippen LogP contribution >= 0.6 is 0 Å². The zero-order chi connectivity index (χ0) is 27.9. The largest absolute Gasteiger partial charge is 0.497 e. The van der Waals surface area contributed by atoms with Crippen molar-refractivity contribution in [3.05, 3.63) is 71.4 Å². The van der Waals surface area contributed by atoms with Crippen LogP contribution in [0.4, 0.5) is 0 Å². The highest BCUT2D eigenvalue weighted by Gasteiger charge is 2.40. The summed E-state index contributed by atoms with van der Waals surface area (Å²) in [5.74, 6) is 1.95. The van der Waals surface area contributed by atoms with Gasteiger partial charge < -0.3 is 23.9 Å². The number of piperidine rings is 1. The number of carbonyl (C=O) groups is 1. The minimum absolute atomic E-state index is 0.0787. The highest BCUT2D eigenvalue weighted by atomic mass is 16.5. The molecule has 1 N–H and O–H groups in total. The third-order valence-corrected chi connectivity index (χ3v) is 8.76. The summed E-state index contributed by atoms with van der Waals surface area (Å²) >= 11 is 0. The topological polar surface area (TPSA) is 107 Å². The number of amides is 1. The van der Waals surface area contributed by atoms with Crippen LogP contribution in [0.3, 0.4) is 0 Å². The second kappa shape index (κ2) is 10.6. The summed E-state index contributed by atoms with van der Waals surface area (Å²) in [5, 5.41) is 11.9. The van der Waals surface area contributed by atoms with Crippen LogP contribution in [0.15, 0.2) is 60.0 Å². The van der Waals surface area contributed by atoms with E-state index in [1.54, 1.807) is 19.4 Å². The van der Waals surface area contributed by atoms with Gasteiger partial charge in [0.25, 0.3) is 5.56 Å². The van der Waals surface area contributed by atoms with Crippen LogP contribution in [-0.4, -0.2) is 65.4 Å². The Hall–Kier alpha value is -3.92. The van der Waals surface area contributed by atoms with Crippen LogP contribution in [0, 0.1) is 5.92 Å². The molecule has 1 aromatic carbocycles. The van der Waals surface area contributed by atoms with Crippen molar-refractivity contribution >= 4 is 16.9 Å². The molecule has 10 nitrogen and oxygen atoms in total. The summed E-state index contributed by atoms with van der Waals surface area (Å²) in [6.07, 6.45) is 11.9. The van der Waals surface area contributed by atoms with Crippen LogP contribution < -0.4 is 10.3 Å². The minimum atomic E-state index is -1.08. The van der Waals surface area contributed by atoms with Crippen molar-refractivity contribution in [2.45, 2.75) is 56.6 Å². The zero-order valence-corrected chi connectivity index (χ0v) is 23.1. The Balaban J connectivity index is 1.14. The molecule has 0 unspecified atom stereocenters. The highest BCUT2D eigenvalue weighted by Crippen LogP contribution is 2.39. The fourth-order valence-electron chi connectivity index (χ4n) is 6.44. The SMILES string of the molecule is COc1ccc(-n2ccc3c(=O)n(CC4(O)CCN(C(=O)[C@@H]5CCCC[C@H]5c5nccn5C)CC4)cnc32)cc1. The number of aryl methyl sites for hydroxylation is 1. The van der Waals surface area contributed by atoms with E-state index in [2.05, 4.69) is 9.97 Å². The average molecular weight is 545 g/mol. The van der Waals surface area contributed by atoms with Gasteiger partial charge in [0.1, 0.15) is 17.9 Å². The molecule has 2 fully saturated rings. The molecule has 1 amide bonds. The van der Waals surface area contributed by atoms with Gasteiger partial charge in [-0.05, 0) is 56.0 Å². The van der Waals surface area contributed by atoms with E-state index in [1.165, 1.54) is 10.9 Å². The Morgan fingerprint density at radius 3 is 2.52 bits per heavy atom. The molecule has 40 heavy (non-hydrogen) atoms. The van der Waals surface area contributed by atoms with Crippen molar-refractivity contribution < 1.29 is 14.6 Å². The van der Waals surface area contributed by atoms with E-state index in [0.717, 1.165) is 42.9 Å². The van der Waals surface area contributed by atoms with E-state index in [4.69, 9.17) is 4.74 Å². The highest BCUT2D eigenvalue weighted by molar-refractivity contribution is 5.80. The van der Waals surface area contributed by atoms with Crippen LogP contribution in [0.5, 0.6) is 5.75 Å². The number of ether oxygens (including phenoxy) is 1. The van der Waals surface area contributed by atoms with E-state index >= 15 is 0 Å². The molecule has 6 rings (SSSR count). The molecule has 1 saturated heterocycles.